The second-order valence-electron chi connectivity index (χ2n) is 11.8. The predicted molar refractivity (Wildman–Crippen MR) is 126 cm³/mol. The van der Waals surface area contributed by atoms with Gasteiger partial charge in [0.15, 0.2) is 6.29 Å². The van der Waals surface area contributed by atoms with Crippen molar-refractivity contribution >= 4 is 11.9 Å². The number of hydrogen-bond acceptors (Lipinski definition) is 9. The number of carbonyl (C=O) groups is 2. The van der Waals surface area contributed by atoms with Crippen molar-refractivity contribution in [1.82, 2.24) is 0 Å². The molecule has 4 heterocycles. The van der Waals surface area contributed by atoms with E-state index < -0.39 is 53.2 Å². The highest BCUT2D eigenvalue weighted by molar-refractivity contribution is 5.87. The molecule has 36 heavy (non-hydrogen) atoms. The first-order chi connectivity index (χ1) is 17.0. The minimum Gasteiger partial charge on any atom is -0.459 e. The minimum absolute atomic E-state index is 0.0300. The molecule has 0 amide bonds. The van der Waals surface area contributed by atoms with Crippen LogP contribution in [0.4, 0.5) is 0 Å². The van der Waals surface area contributed by atoms with Crippen molar-refractivity contribution in [3.63, 3.8) is 0 Å². The van der Waals surface area contributed by atoms with E-state index in [4.69, 9.17) is 23.7 Å². The molecule has 2 saturated carbocycles. The first-order valence-corrected chi connectivity index (χ1v) is 13.3. The van der Waals surface area contributed by atoms with Gasteiger partial charge in [-0.1, -0.05) is 19.9 Å². The quantitative estimate of drug-likeness (QED) is 0.316. The van der Waals surface area contributed by atoms with E-state index in [9.17, 15) is 19.8 Å². The maximum Gasteiger partial charge on any atom is 0.335 e. The molecule has 202 valence electrons. The molecule has 2 N–H and O–H groups in total. The molecular weight excluding hydrogens is 468 g/mol. The zero-order valence-electron chi connectivity index (χ0n) is 21.9. The summed E-state index contributed by atoms with van der Waals surface area (Å²) in [5.41, 5.74) is -1.72. The summed E-state index contributed by atoms with van der Waals surface area (Å²) in [6, 6.07) is 0. The van der Waals surface area contributed by atoms with Crippen LogP contribution in [-0.4, -0.2) is 71.9 Å². The van der Waals surface area contributed by atoms with Crippen molar-refractivity contribution in [2.45, 2.75) is 103 Å². The van der Waals surface area contributed by atoms with Gasteiger partial charge in [-0.25, -0.2) is 4.79 Å². The van der Waals surface area contributed by atoms with Crippen LogP contribution in [0.3, 0.4) is 0 Å². The number of aliphatic hydroxyl groups is 2. The second-order valence-corrected chi connectivity index (χ2v) is 11.8. The van der Waals surface area contributed by atoms with Gasteiger partial charge in [-0.2, -0.15) is 0 Å². The lowest BCUT2D eigenvalue weighted by atomic mass is 9.40. The van der Waals surface area contributed by atoms with Crippen LogP contribution < -0.4 is 0 Å². The van der Waals surface area contributed by atoms with Crippen LogP contribution in [-0.2, 0) is 33.3 Å². The Morgan fingerprint density at radius 1 is 1.19 bits per heavy atom. The molecule has 0 unspecified atom stereocenters. The fourth-order valence-corrected chi connectivity index (χ4v) is 7.87. The molecule has 0 aromatic carbocycles. The third-order valence-corrected chi connectivity index (χ3v) is 10.2. The Morgan fingerprint density at radius 3 is 2.50 bits per heavy atom. The van der Waals surface area contributed by atoms with Crippen molar-refractivity contribution in [1.29, 1.82) is 0 Å². The SMILES string of the molecule is C/C=C(\C)C(=O)O[C@H]1O[C@@H]2C[C@@H]3[C@@](C)(CC[C@H]4CCO[C@H]4O)[C@H](C)[C@@H](O)[C@H](OC(C)=O)[C@]13[C@@]1(CO1)C2. The van der Waals surface area contributed by atoms with Crippen LogP contribution in [0, 0.1) is 28.6 Å². The molecule has 2 spiro atoms. The van der Waals surface area contributed by atoms with Crippen LogP contribution in [0.5, 0.6) is 0 Å². The third kappa shape index (κ3) is 3.68. The molecule has 0 aromatic rings. The summed E-state index contributed by atoms with van der Waals surface area (Å²) in [6.45, 7) is 9.93. The van der Waals surface area contributed by atoms with Gasteiger partial charge in [0.1, 0.15) is 17.1 Å². The van der Waals surface area contributed by atoms with Crippen LogP contribution in [0.1, 0.15) is 66.7 Å². The van der Waals surface area contributed by atoms with Crippen LogP contribution >= 0.6 is 0 Å². The average molecular weight is 509 g/mol. The number of rotatable bonds is 6. The molecule has 6 rings (SSSR count). The molecule has 2 bridgehead atoms. The first kappa shape index (κ1) is 26.1. The highest BCUT2D eigenvalue weighted by atomic mass is 16.7. The Bertz CT molecular complexity index is 928. The fourth-order valence-electron chi connectivity index (χ4n) is 7.87. The molecule has 4 saturated heterocycles. The first-order valence-electron chi connectivity index (χ1n) is 13.3. The zero-order chi connectivity index (χ0) is 26.0. The molecule has 9 heteroatoms. The van der Waals surface area contributed by atoms with E-state index in [0.717, 1.165) is 19.3 Å². The van der Waals surface area contributed by atoms with Crippen molar-refractivity contribution in [3.8, 4) is 0 Å². The van der Waals surface area contributed by atoms with Gasteiger partial charge < -0.3 is 33.9 Å². The lowest BCUT2D eigenvalue weighted by Crippen LogP contribution is -2.78. The van der Waals surface area contributed by atoms with Crippen LogP contribution in [0.15, 0.2) is 11.6 Å². The van der Waals surface area contributed by atoms with Crippen LogP contribution in [0.25, 0.3) is 0 Å². The zero-order valence-corrected chi connectivity index (χ0v) is 21.9. The van der Waals surface area contributed by atoms with Crippen molar-refractivity contribution in [3.05, 3.63) is 11.6 Å². The Morgan fingerprint density at radius 2 is 1.92 bits per heavy atom. The summed E-state index contributed by atoms with van der Waals surface area (Å²) in [5, 5.41) is 22.0. The average Bonchev–Trinajstić information content (AvgIpc) is 3.48. The van der Waals surface area contributed by atoms with E-state index in [1.165, 1.54) is 6.92 Å². The number of ether oxygens (including phenoxy) is 5. The lowest BCUT2D eigenvalue weighted by Gasteiger charge is -2.69. The van der Waals surface area contributed by atoms with E-state index in [1.54, 1.807) is 19.9 Å². The maximum atomic E-state index is 13.0. The molecule has 9 nitrogen and oxygen atoms in total. The van der Waals surface area contributed by atoms with E-state index in [-0.39, 0.29) is 23.9 Å². The normalized spacial score (nSPS) is 49.6. The van der Waals surface area contributed by atoms with Gasteiger partial charge in [-0.05, 0) is 56.8 Å². The lowest BCUT2D eigenvalue weighted by molar-refractivity contribution is -0.381. The molecule has 0 aromatic heterocycles. The Labute approximate surface area is 212 Å². The summed E-state index contributed by atoms with van der Waals surface area (Å²) in [4.78, 5) is 25.3. The van der Waals surface area contributed by atoms with Crippen molar-refractivity contribution in [2.75, 3.05) is 13.2 Å². The third-order valence-electron chi connectivity index (χ3n) is 10.2. The Balaban J connectivity index is 1.59. The summed E-state index contributed by atoms with van der Waals surface area (Å²) >= 11 is 0. The second kappa shape index (κ2) is 9.05. The van der Waals surface area contributed by atoms with Crippen molar-refractivity contribution in [2.24, 2.45) is 28.6 Å². The summed E-state index contributed by atoms with van der Waals surface area (Å²) in [7, 11) is 0. The maximum absolute atomic E-state index is 13.0. The summed E-state index contributed by atoms with van der Waals surface area (Å²) < 4.78 is 29.8. The molecule has 4 aliphatic heterocycles. The molecule has 6 fully saturated rings. The van der Waals surface area contributed by atoms with E-state index in [1.807, 2.05) is 6.92 Å². The summed E-state index contributed by atoms with van der Waals surface area (Å²) in [6.07, 6.45) is 1.30. The number of carbonyl (C=O) groups excluding carboxylic acids is 2. The highest BCUT2D eigenvalue weighted by Gasteiger charge is 2.83. The van der Waals surface area contributed by atoms with E-state index >= 15 is 0 Å². The fraction of sp³-hybridized carbons (Fsp3) is 0.852. The smallest absolute Gasteiger partial charge is 0.335 e. The molecule has 2 aliphatic carbocycles. The molecule has 11 atom stereocenters. The number of fused-ring (bicyclic) bond motifs is 1. The number of allylic oxidation sites excluding steroid dienone is 1. The van der Waals surface area contributed by atoms with Crippen LogP contribution in [0.2, 0.25) is 0 Å². The molecular formula is C27H40O9. The van der Waals surface area contributed by atoms with Gasteiger partial charge >= 0.3 is 11.9 Å². The standard InChI is InChI=1S/C27H40O9/c1-6-14(2)22(30)36-24-27-19(11-18(35-24)12-26(27)13-33-26)25(5,9-7-17-8-10-32-23(17)31)15(3)20(29)21(27)34-16(4)28/h6,15,17-21,23-24,29,31H,7-13H2,1-5H3/b14-6+/t15-,17+,18-,19-,20-,21+,23-,24-,25+,26+,27+/m1/s1. The predicted octanol–water partition coefficient (Wildman–Crippen LogP) is 2.47. The molecule has 0 radical (unpaired) electrons. The van der Waals surface area contributed by atoms with Gasteiger partial charge in [0.25, 0.3) is 0 Å². The number of hydrogen-bond donors (Lipinski definition) is 2. The van der Waals surface area contributed by atoms with Gasteiger partial charge in [0.05, 0.1) is 25.4 Å². The monoisotopic (exact) mass is 508 g/mol. The molecule has 6 aliphatic rings. The number of aliphatic hydroxyl groups excluding tert-OH is 2. The van der Waals surface area contributed by atoms with E-state index in [0.29, 0.717) is 31.6 Å². The van der Waals surface area contributed by atoms with Gasteiger partial charge in [-0.15, -0.1) is 0 Å². The van der Waals surface area contributed by atoms with Crippen molar-refractivity contribution < 1.29 is 43.5 Å². The van der Waals surface area contributed by atoms with Gasteiger partial charge in [0, 0.05) is 24.8 Å². The van der Waals surface area contributed by atoms with Gasteiger partial charge in [-0.3, -0.25) is 4.79 Å². The minimum atomic E-state index is -1.05. The largest absolute Gasteiger partial charge is 0.459 e. The number of esters is 2. The van der Waals surface area contributed by atoms with E-state index in [2.05, 4.69) is 6.92 Å². The number of epoxide rings is 1. The Kier molecular flexibility index (Phi) is 6.56. The van der Waals surface area contributed by atoms with Gasteiger partial charge in [0.2, 0.25) is 6.29 Å². The Hall–Kier alpha value is -1.52. The summed E-state index contributed by atoms with van der Waals surface area (Å²) in [5.74, 6) is -1.30. The highest BCUT2D eigenvalue weighted by Crippen LogP contribution is 2.73. The topological polar surface area (TPSA) is 124 Å².